The molecule has 0 aliphatic rings. The van der Waals surface area contributed by atoms with Crippen molar-refractivity contribution in [3.63, 3.8) is 0 Å². The summed E-state index contributed by atoms with van der Waals surface area (Å²) in [6, 6.07) is 0. The zero-order chi connectivity index (χ0) is 9.07. The van der Waals surface area contributed by atoms with E-state index < -0.39 is 25.8 Å². The van der Waals surface area contributed by atoms with E-state index in [1.54, 1.807) is 6.92 Å². The van der Waals surface area contributed by atoms with E-state index in [0.29, 0.717) is 6.42 Å². The van der Waals surface area contributed by atoms with Gasteiger partial charge in [0.1, 0.15) is 4.58 Å². The molecule has 5 nitrogen and oxygen atoms in total. The Morgan fingerprint density at radius 2 is 2.09 bits per heavy atom. The largest absolute Gasteiger partial charge is 0.771 e. The summed E-state index contributed by atoms with van der Waals surface area (Å²) in [5.74, 6) is 0. The molecule has 0 radical (unpaired) electrons. The molecule has 0 aliphatic carbocycles. The molecule has 68 valence electrons. The lowest BCUT2D eigenvalue weighted by Crippen LogP contribution is -2.25. The lowest BCUT2D eigenvalue weighted by atomic mass is 10.4. The van der Waals surface area contributed by atoms with Crippen molar-refractivity contribution in [1.82, 2.24) is 0 Å². The third kappa shape index (κ3) is 3.80. The van der Waals surface area contributed by atoms with Crippen molar-refractivity contribution in [2.75, 3.05) is 0 Å². The van der Waals surface area contributed by atoms with E-state index >= 15 is 0 Å². The minimum Gasteiger partial charge on any atom is -0.771 e. The molecule has 0 aromatic rings. The Morgan fingerprint density at radius 1 is 1.64 bits per heavy atom. The topological polar surface area (TPSA) is 94.5 Å². The summed E-state index contributed by atoms with van der Waals surface area (Å²) in [5.41, 5.74) is 0. The summed E-state index contributed by atoms with van der Waals surface area (Å²) in [5, 5.41) is 0. The summed E-state index contributed by atoms with van der Waals surface area (Å²) in [7, 11) is -4.44. The third-order valence-electron chi connectivity index (χ3n) is 1.07. The molecule has 0 amide bonds. The van der Waals surface area contributed by atoms with Gasteiger partial charge in [-0.1, -0.05) is 13.3 Å². The van der Waals surface area contributed by atoms with Gasteiger partial charge in [0.25, 0.3) is 10.1 Å². The molecule has 0 bridgehead atoms. The van der Waals surface area contributed by atoms with Crippen molar-refractivity contribution in [3.8, 4) is 0 Å². The normalized spacial score (nSPS) is 17.7. The quantitative estimate of drug-likeness (QED) is 0.505. The van der Waals surface area contributed by atoms with E-state index in [1.807, 2.05) is 0 Å². The van der Waals surface area contributed by atoms with E-state index in [0.717, 1.165) is 0 Å². The van der Waals surface area contributed by atoms with E-state index in [-0.39, 0.29) is 6.42 Å². The summed E-state index contributed by atoms with van der Waals surface area (Å²) in [6.45, 7) is 1.63. The van der Waals surface area contributed by atoms with E-state index in [4.69, 9.17) is 4.55 Å². The Kier molecular flexibility index (Phi) is 4.16. The molecule has 2 unspecified atom stereocenters. The average Bonchev–Trinajstić information content (AvgIpc) is 1.79. The zero-order valence-corrected chi connectivity index (χ0v) is 7.52. The fraction of sp³-hybridized carbons (Fsp3) is 1.00. The first kappa shape index (κ1) is 11.0. The summed E-state index contributed by atoms with van der Waals surface area (Å²) < 4.78 is 47.7. The molecular weight excluding hydrogens is 192 g/mol. The predicted octanol–water partition coefficient (Wildman–Crippen LogP) is -0.120. The molecule has 0 saturated carbocycles. The molecule has 0 heterocycles. The van der Waals surface area contributed by atoms with Crippen LogP contribution in [-0.2, 0) is 21.2 Å². The van der Waals surface area contributed by atoms with Crippen molar-refractivity contribution in [2.24, 2.45) is 0 Å². The second-order valence-electron chi connectivity index (χ2n) is 1.99. The van der Waals surface area contributed by atoms with Gasteiger partial charge in [-0.25, -0.2) is 0 Å². The first-order chi connectivity index (χ1) is 4.89. The summed E-state index contributed by atoms with van der Waals surface area (Å²) >= 11 is -2.76. The van der Waals surface area contributed by atoms with Gasteiger partial charge >= 0.3 is 0 Å². The maximum atomic E-state index is 10.3. The van der Waals surface area contributed by atoms with Crippen LogP contribution in [0.15, 0.2) is 0 Å². The smallest absolute Gasteiger partial charge is 0.278 e. The highest BCUT2D eigenvalue weighted by Crippen LogP contribution is 2.09. The molecule has 2 atom stereocenters. The Hall–Kier alpha value is 0.0200. The minimum absolute atomic E-state index is 0.0745. The van der Waals surface area contributed by atoms with Gasteiger partial charge in [0.15, 0.2) is 0 Å². The van der Waals surface area contributed by atoms with Crippen molar-refractivity contribution < 1.29 is 21.7 Å². The van der Waals surface area contributed by atoms with Crippen molar-refractivity contribution in [3.05, 3.63) is 0 Å². The van der Waals surface area contributed by atoms with Crippen LogP contribution >= 0.6 is 0 Å². The molecule has 0 rings (SSSR count). The first-order valence-electron chi connectivity index (χ1n) is 2.94. The van der Waals surface area contributed by atoms with Crippen molar-refractivity contribution >= 4 is 21.2 Å². The van der Waals surface area contributed by atoms with Crippen molar-refractivity contribution in [2.45, 2.75) is 24.3 Å². The number of hydrogen-bond acceptors (Lipinski definition) is 4. The molecule has 0 saturated heterocycles. The molecule has 1 N–H and O–H groups in total. The summed E-state index contributed by atoms with van der Waals surface area (Å²) in [6.07, 6.45) is 0.313. The minimum atomic E-state index is -4.44. The second kappa shape index (κ2) is 4.15. The first-order valence-corrected chi connectivity index (χ1v) is 5.58. The van der Waals surface area contributed by atoms with Gasteiger partial charge in [0.2, 0.25) is 0 Å². The highest BCUT2D eigenvalue weighted by molar-refractivity contribution is 8.01. The monoisotopic (exact) mass is 201 g/mol. The Bertz CT molecular complexity index is 231. The van der Waals surface area contributed by atoms with Gasteiger partial charge in [0, 0.05) is 0 Å². The van der Waals surface area contributed by atoms with Gasteiger partial charge in [-0.15, -0.1) is 0 Å². The van der Waals surface area contributed by atoms with Crippen LogP contribution in [0.1, 0.15) is 19.8 Å². The molecule has 0 aromatic carbocycles. The summed E-state index contributed by atoms with van der Waals surface area (Å²) in [4.78, 5) is 0. The molecule has 0 spiro atoms. The predicted molar refractivity (Wildman–Crippen MR) is 39.2 cm³/mol. The van der Waals surface area contributed by atoms with Crippen LogP contribution < -0.4 is 0 Å². The van der Waals surface area contributed by atoms with E-state index in [1.165, 1.54) is 0 Å². The van der Waals surface area contributed by atoms with Crippen LogP contribution in [0, 0.1) is 0 Å². The Labute approximate surface area is 67.8 Å². The van der Waals surface area contributed by atoms with Crippen LogP contribution in [0.3, 0.4) is 0 Å². The van der Waals surface area contributed by atoms with Gasteiger partial charge in [-0.05, 0) is 17.5 Å². The van der Waals surface area contributed by atoms with Gasteiger partial charge in [0.05, 0.1) is 0 Å². The third-order valence-corrected chi connectivity index (χ3v) is 3.84. The molecule has 11 heavy (non-hydrogen) atoms. The average molecular weight is 201 g/mol. The lowest BCUT2D eigenvalue weighted by molar-refractivity contribution is 0.467. The zero-order valence-electron chi connectivity index (χ0n) is 5.89. The highest BCUT2D eigenvalue weighted by Gasteiger charge is 2.22. The van der Waals surface area contributed by atoms with Gasteiger partial charge in [-0.3, -0.25) is 8.76 Å². The Balaban J connectivity index is 4.49. The maximum absolute atomic E-state index is 10.3. The number of rotatable bonds is 4. The molecule has 7 heteroatoms. The SMILES string of the molecule is CCCC(S(=O)[O-])S(=O)(=O)O. The Morgan fingerprint density at radius 3 is 2.18 bits per heavy atom. The molecule has 0 aromatic heterocycles. The number of hydrogen-bond donors (Lipinski definition) is 1. The molecule has 0 aliphatic heterocycles. The van der Waals surface area contributed by atoms with Crippen molar-refractivity contribution in [1.29, 1.82) is 0 Å². The fourth-order valence-corrected chi connectivity index (χ4v) is 2.34. The van der Waals surface area contributed by atoms with Crippen LogP contribution in [0.5, 0.6) is 0 Å². The molecule has 0 fully saturated rings. The van der Waals surface area contributed by atoms with Crippen LogP contribution in [0.2, 0.25) is 0 Å². The molecular formula is C4H9O5S2-. The maximum Gasteiger partial charge on any atom is 0.278 e. The second-order valence-corrected chi connectivity index (χ2v) is 4.98. The van der Waals surface area contributed by atoms with Crippen LogP contribution in [0.4, 0.5) is 0 Å². The van der Waals surface area contributed by atoms with E-state index in [9.17, 15) is 17.2 Å². The van der Waals surface area contributed by atoms with Crippen LogP contribution in [-0.4, -0.2) is 26.3 Å². The van der Waals surface area contributed by atoms with Gasteiger partial charge in [-0.2, -0.15) is 8.42 Å². The fourth-order valence-electron chi connectivity index (χ4n) is 0.580. The van der Waals surface area contributed by atoms with Crippen LogP contribution in [0.25, 0.3) is 0 Å². The lowest BCUT2D eigenvalue weighted by Gasteiger charge is -2.14. The standard InChI is InChI=1S/C4H10O5S2/c1-2-3-4(10(5)6)11(7,8)9/h4H,2-3H2,1H3,(H,5,6)(H,7,8,9)/p-1. The highest BCUT2D eigenvalue weighted by atomic mass is 32.3. The van der Waals surface area contributed by atoms with Gasteiger partial charge < -0.3 is 4.55 Å². The van der Waals surface area contributed by atoms with E-state index in [2.05, 4.69) is 0 Å².